The van der Waals surface area contributed by atoms with Crippen molar-refractivity contribution in [3.63, 3.8) is 0 Å². The average molecular weight is 374 g/mol. The number of aromatic nitrogens is 2. The van der Waals surface area contributed by atoms with Gasteiger partial charge in [-0.3, -0.25) is 9.69 Å². The second-order valence-corrected chi connectivity index (χ2v) is 8.41. The molecule has 0 saturated carbocycles. The van der Waals surface area contributed by atoms with Crippen molar-refractivity contribution >= 4 is 5.91 Å². The third-order valence-corrected chi connectivity index (χ3v) is 6.47. The van der Waals surface area contributed by atoms with Gasteiger partial charge < -0.3 is 14.7 Å². The Bertz CT molecular complexity index is 669. The molecule has 1 spiro atoms. The number of carbonyl (C=O) groups is 1. The van der Waals surface area contributed by atoms with E-state index in [0.29, 0.717) is 17.6 Å². The molecule has 1 atom stereocenters. The van der Waals surface area contributed by atoms with Gasteiger partial charge in [0.05, 0.1) is 6.10 Å². The zero-order valence-corrected chi connectivity index (χ0v) is 16.1. The lowest BCUT2D eigenvalue weighted by atomic mass is 9.71. The molecule has 3 aliphatic rings. The number of amides is 1. The fourth-order valence-corrected chi connectivity index (χ4v) is 5.01. The predicted octanol–water partition coefficient (Wildman–Crippen LogP) is 1.25. The first-order valence-electron chi connectivity index (χ1n) is 10.1. The van der Waals surface area contributed by atoms with Gasteiger partial charge in [0.1, 0.15) is 11.5 Å². The summed E-state index contributed by atoms with van der Waals surface area (Å²) in [6.45, 7) is 6.72. The first-order chi connectivity index (χ1) is 13.0. The molecule has 7 nitrogen and oxygen atoms in total. The van der Waals surface area contributed by atoms with E-state index in [9.17, 15) is 9.90 Å². The molecular formula is C20H30N4O3. The number of aliphatic hydroxyl groups is 1. The maximum absolute atomic E-state index is 12.8. The van der Waals surface area contributed by atoms with Crippen LogP contribution in [0.3, 0.4) is 0 Å². The standard InChI is InChI=1S/C20H30N4O3/c1-15-21-7-2-18(22-15)19(26)23-8-5-20(6-9-23)12-17(25)13-24(14-20)16-3-10-27-11-4-16/h2,7,16-17,25H,3-6,8-14H2,1H3. The summed E-state index contributed by atoms with van der Waals surface area (Å²) >= 11 is 0. The summed E-state index contributed by atoms with van der Waals surface area (Å²) in [4.78, 5) is 25.5. The van der Waals surface area contributed by atoms with Gasteiger partial charge in [-0.05, 0) is 50.5 Å². The quantitative estimate of drug-likeness (QED) is 0.839. The molecule has 1 N–H and O–H groups in total. The minimum Gasteiger partial charge on any atom is -0.392 e. The smallest absolute Gasteiger partial charge is 0.272 e. The summed E-state index contributed by atoms with van der Waals surface area (Å²) in [5.74, 6) is 0.616. The van der Waals surface area contributed by atoms with Crippen molar-refractivity contribution in [3.8, 4) is 0 Å². The Hall–Kier alpha value is -1.57. The topological polar surface area (TPSA) is 78.8 Å². The van der Waals surface area contributed by atoms with Crippen molar-refractivity contribution in [2.24, 2.45) is 5.41 Å². The van der Waals surface area contributed by atoms with E-state index in [1.54, 1.807) is 19.2 Å². The van der Waals surface area contributed by atoms with Gasteiger partial charge in [0.15, 0.2) is 0 Å². The van der Waals surface area contributed by atoms with Crippen LogP contribution in [0.5, 0.6) is 0 Å². The number of β-amino-alcohol motifs (C(OH)–C–C–N with tert-alkyl or cyclic N) is 1. The molecule has 3 fully saturated rings. The number of aryl methyl sites for hydroxylation is 1. The SMILES string of the molecule is Cc1nccc(C(=O)N2CCC3(CC2)CC(O)CN(C2CCOCC2)C3)n1. The molecular weight excluding hydrogens is 344 g/mol. The van der Waals surface area contributed by atoms with Crippen molar-refractivity contribution in [3.05, 3.63) is 23.8 Å². The maximum atomic E-state index is 12.8. The molecule has 148 valence electrons. The predicted molar refractivity (Wildman–Crippen MR) is 100 cm³/mol. The Morgan fingerprint density at radius 2 is 2.04 bits per heavy atom. The highest BCUT2D eigenvalue weighted by atomic mass is 16.5. The number of rotatable bonds is 2. The Labute approximate surface area is 160 Å². The Kier molecular flexibility index (Phi) is 5.43. The number of hydrogen-bond acceptors (Lipinski definition) is 6. The first kappa shape index (κ1) is 18.8. The second-order valence-electron chi connectivity index (χ2n) is 8.41. The van der Waals surface area contributed by atoms with Gasteiger partial charge in [0.25, 0.3) is 5.91 Å². The van der Waals surface area contributed by atoms with Gasteiger partial charge in [0.2, 0.25) is 0 Å². The maximum Gasteiger partial charge on any atom is 0.272 e. The number of aliphatic hydroxyl groups excluding tert-OH is 1. The molecule has 4 heterocycles. The van der Waals surface area contributed by atoms with E-state index in [0.717, 1.165) is 71.5 Å². The Balaban J connectivity index is 1.40. The van der Waals surface area contributed by atoms with Crippen molar-refractivity contribution in [2.75, 3.05) is 39.4 Å². The van der Waals surface area contributed by atoms with E-state index in [4.69, 9.17) is 4.74 Å². The highest BCUT2D eigenvalue weighted by Crippen LogP contribution is 2.41. The van der Waals surface area contributed by atoms with Crippen LogP contribution < -0.4 is 0 Å². The summed E-state index contributed by atoms with van der Waals surface area (Å²) in [6, 6.07) is 2.21. The molecule has 1 aromatic heterocycles. The molecule has 0 aromatic carbocycles. The van der Waals surface area contributed by atoms with E-state index < -0.39 is 0 Å². The zero-order chi connectivity index (χ0) is 18.9. The monoisotopic (exact) mass is 374 g/mol. The number of nitrogens with zero attached hydrogens (tertiary/aromatic N) is 4. The number of piperidine rings is 2. The lowest BCUT2D eigenvalue weighted by molar-refractivity contribution is -0.0695. The van der Waals surface area contributed by atoms with Gasteiger partial charge in [-0.25, -0.2) is 9.97 Å². The summed E-state index contributed by atoms with van der Waals surface area (Å²) in [6.07, 6.45) is 6.22. The van der Waals surface area contributed by atoms with Crippen molar-refractivity contribution in [2.45, 2.75) is 51.2 Å². The van der Waals surface area contributed by atoms with Crippen molar-refractivity contribution in [1.82, 2.24) is 19.8 Å². The molecule has 0 radical (unpaired) electrons. The van der Waals surface area contributed by atoms with E-state index in [2.05, 4.69) is 14.9 Å². The Morgan fingerprint density at radius 3 is 2.74 bits per heavy atom. The molecule has 1 unspecified atom stereocenters. The molecule has 3 saturated heterocycles. The van der Waals surface area contributed by atoms with E-state index >= 15 is 0 Å². The van der Waals surface area contributed by atoms with Gasteiger partial charge in [-0.1, -0.05) is 0 Å². The van der Waals surface area contributed by atoms with Gasteiger partial charge >= 0.3 is 0 Å². The summed E-state index contributed by atoms with van der Waals surface area (Å²) in [5.41, 5.74) is 0.597. The van der Waals surface area contributed by atoms with Crippen molar-refractivity contribution < 1.29 is 14.6 Å². The minimum atomic E-state index is -0.270. The van der Waals surface area contributed by atoms with Crippen LogP contribution >= 0.6 is 0 Å². The lowest BCUT2D eigenvalue weighted by Gasteiger charge is -2.51. The van der Waals surface area contributed by atoms with Gasteiger partial charge in [-0.15, -0.1) is 0 Å². The van der Waals surface area contributed by atoms with Crippen LogP contribution in [0.4, 0.5) is 0 Å². The van der Waals surface area contributed by atoms with E-state index in [-0.39, 0.29) is 17.4 Å². The minimum absolute atomic E-state index is 0.00649. The fourth-order valence-electron chi connectivity index (χ4n) is 5.01. The van der Waals surface area contributed by atoms with E-state index in [1.165, 1.54) is 0 Å². The van der Waals surface area contributed by atoms with Crippen LogP contribution in [0.15, 0.2) is 12.3 Å². The highest BCUT2D eigenvalue weighted by molar-refractivity contribution is 5.92. The normalized spacial score (nSPS) is 27.0. The molecule has 0 bridgehead atoms. The van der Waals surface area contributed by atoms with Crippen LogP contribution in [0.1, 0.15) is 48.4 Å². The van der Waals surface area contributed by atoms with Crippen LogP contribution in [-0.2, 0) is 4.74 Å². The van der Waals surface area contributed by atoms with Crippen LogP contribution in [0, 0.1) is 12.3 Å². The average Bonchev–Trinajstić information content (AvgIpc) is 2.68. The number of likely N-dealkylation sites (tertiary alicyclic amines) is 2. The summed E-state index contributed by atoms with van der Waals surface area (Å²) in [7, 11) is 0. The molecule has 4 rings (SSSR count). The van der Waals surface area contributed by atoms with Gasteiger partial charge in [-0.2, -0.15) is 0 Å². The van der Waals surface area contributed by atoms with Crippen LogP contribution in [-0.4, -0.2) is 82.3 Å². The third kappa shape index (κ3) is 4.15. The number of carbonyl (C=O) groups excluding carboxylic acids is 1. The molecule has 1 amide bonds. The van der Waals surface area contributed by atoms with Crippen LogP contribution in [0.25, 0.3) is 0 Å². The summed E-state index contributed by atoms with van der Waals surface area (Å²) in [5, 5.41) is 10.5. The van der Waals surface area contributed by atoms with Gasteiger partial charge in [0, 0.05) is 51.6 Å². The number of ether oxygens (including phenoxy) is 1. The number of hydrogen-bond donors (Lipinski definition) is 1. The van der Waals surface area contributed by atoms with Crippen molar-refractivity contribution in [1.29, 1.82) is 0 Å². The Morgan fingerprint density at radius 1 is 1.30 bits per heavy atom. The van der Waals surface area contributed by atoms with E-state index in [1.807, 2.05) is 4.90 Å². The van der Waals surface area contributed by atoms with Crippen LogP contribution in [0.2, 0.25) is 0 Å². The highest BCUT2D eigenvalue weighted by Gasteiger charge is 2.44. The summed E-state index contributed by atoms with van der Waals surface area (Å²) < 4.78 is 5.50. The zero-order valence-electron chi connectivity index (χ0n) is 16.1. The molecule has 3 aliphatic heterocycles. The largest absolute Gasteiger partial charge is 0.392 e. The molecule has 7 heteroatoms. The molecule has 27 heavy (non-hydrogen) atoms. The second kappa shape index (κ2) is 7.81. The fraction of sp³-hybridized carbons (Fsp3) is 0.750. The first-order valence-corrected chi connectivity index (χ1v) is 10.1. The molecule has 1 aromatic rings. The third-order valence-electron chi connectivity index (χ3n) is 6.47. The lowest BCUT2D eigenvalue weighted by Crippen LogP contribution is -2.57. The molecule has 0 aliphatic carbocycles.